The van der Waals surface area contributed by atoms with Crippen molar-refractivity contribution in [1.29, 1.82) is 0 Å². The maximum atomic E-state index is 13.4. The van der Waals surface area contributed by atoms with Crippen LogP contribution in [0.2, 0.25) is 0 Å². The number of imidazole rings is 1. The number of hydrogen-bond acceptors (Lipinski definition) is 4. The van der Waals surface area contributed by atoms with Crippen LogP contribution in [0.15, 0.2) is 55.0 Å². The third-order valence-electron chi connectivity index (χ3n) is 4.31. The zero-order chi connectivity index (χ0) is 19.7. The van der Waals surface area contributed by atoms with Gasteiger partial charge in [0.05, 0.1) is 25.6 Å². The van der Waals surface area contributed by atoms with E-state index in [9.17, 15) is 18.0 Å². The van der Waals surface area contributed by atoms with E-state index in [0.29, 0.717) is 0 Å². The second-order valence-electron chi connectivity index (χ2n) is 6.23. The van der Waals surface area contributed by atoms with E-state index in [4.69, 9.17) is 9.47 Å². The number of halogens is 3. The molecule has 2 aromatic rings. The summed E-state index contributed by atoms with van der Waals surface area (Å²) in [7, 11) is 0. The van der Waals surface area contributed by atoms with Crippen LogP contribution in [0.4, 0.5) is 13.2 Å². The Morgan fingerprint density at radius 3 is 2.59 bits per heavy atom. The van der Waals surface area contributed by atoms with Crippen LogP contribution in [0.25, 0.3) is 0 Å². The maximum Gasteiger partial charge on any atom is 0.435 e. The van der Waals surface area contributed by atoms with Crippen molar-refractivity contribution in [3.05, 3.63) is 72.0 Å². The molecule has 2 heterocycles. The fourth-order valence-corrected chi connectivity index (χ4v) is 2.85. The highest BCUT2D eigenvalue weighted by Gasteiger charge is 2.45. The van der Waals surface area contributed by atoms with Crippen LogP contribution < -0.4 is 0 Å². The summed E-state index contributed by atoms with van der Waals surface area (Å²) < 4.78 is 51.8. The van der Waals surface area contributed by atoms with Crippen LogP contribution in [0, 0.1) is 0 Å². The van der Waals surface area contributed by atoms with Gasteiger partial charge in [0.15, 0.2) is 17.0 Å². The Labute approximate surface area is 153 Å². The van der Waals surface area contributed by atoms with Crippen molar-refractivity contribution >= 4 is 5.97 Å². The Kier molecular flexibility index (Phi) is 4.95. The van der Waals surface area contributed by atoms with E-state index < -0.39 is 35.2 Å². The van der Waals surface area contributed by atoms with Crippen molar-refractivity contribution in [2.24, 2.45) is 0 Å². The highest BCUT2D eigenvalue weighted by atomic mass is 19.4. The number of carbonyl (C=O) groups excluding carboxylic acids is 1. The average Bonchev–Trinajstić information content (AvgIpc) is 3.05. The Morgan fingerprint density at radius 1 is 1.41 bits per heavy atom. The lowest BCUT2D eigenvalue weighted by Gasteiger charge is -2.37. The molecule has 0 bridgehead atoms. The Hall–Kier alpha value is -2.83. The van der Waals surface area contributed by atoms with Gasteiger partial charge < -0.3 is 14.0 Å². The van der Waals surface area contributed by atoms with Crippen LogP contribution in [0.5, 0.6) is 0 Å². The summed E-state index contributed by atoms with van der Waals surface area (Å²) in [6.07, 6.45) is -2.42. The quantitative estimate of drug-likeness (QED) is 0.587. The van der Waals surface area contributed by atoms with Gasteiger partial charge >= 0.3 is 12.1 Å². The number of rotatable bonds is 5. The minimum atomic E-state index is -4.80. The van der Waals surface area contributed by atoms with Gasteiger partial charge in [-0.25, -0.2) is 9.78 Å². The molecule has 5 nitrogen and oxygen atoms in total. The first-order valence-corrected chi connectivity index (χ1v) is 8.14. The van der Waals surface area contributed by atoms with Gasteiger partial charge in [-0.15, -0.1) is 5.73 Å². The van der Waals surface area contributed by atoms with Crippen LogP contribution in [0.1, 0.15) is 34.7 Å². The monoisotopic (exact) mass is 378 g/mol. The van der Waals surface area contributed by atoms with Gasteiger partial charge in [-0.2, -0.15) is 13.2 Å². The van der Waals surface area contributed by atoms with E-state index in [1.807, 2.05) is 0 Å². The molecule has 142 valence electrons. The van der Waals surface area contributed by atoms with Crippen molar-refractivity contribution < 1.29 is 27.4 Å². The van der Waals surface area contributed by atoms with Gasteiger partial charge in [0.25, 0.3) is 0 Å². The van der Waals surface area contributed by atoms with Crippen LogP contribution >= 0.6 is 0 Å². The zero-order valence-corrected chi connectivity index (χ0v) is 14.5. The molecule has 27 heavy (non-hydrogen) atoms. The van der Waals surface area contributed by atoms with E-state index in [1.54, 1.807) is 37.3 Å². The molecule has 1 saturated heterocycles. The molecule has 1 aromatic heterocycles. The molecular weight excluding hydrogens is 361 g/mol. The lowest BCUT2D eigenvalue weighted by atomic mass is 10.0. The van der Waals surface area contributed by atoms with E-state index in [0.717, 1.165) is 11.9 Å². The van der Waals surface area contributed by atoms with Crippen LogP contribution in [-0.4, -0.2) is 34.3 Å². The van der Waals surface area contributed by atoms with Gasteiger partial charge in [-0.3, -0.25) is 0 Å². The topological polar surface area (TPSA) is 53.3 Å². The molecule has 1 atom stereocenters. The minimum Gasteiger partial charge on any atom is -0.444 e. The largest absolute Gasteiger partial charge is 0.444 e. The number of aromatic nitrogens is 2. The third kappa shape index (κ3) is 3.67. The summed E-state index contributed by atoms with van der Waals surface area (Å²) >= 11 is 0. The second-order valence-corrected chi connectivity index (χ2v) is 6.23. The lowest BCUT2D eigenvalue weighted by Crippen LogP contribution is -2.51. The predicted octanol–water partition coefficient (Wildman–Crippen LogP) is 3.78. The van der Waals surface area contributed by atoms with Crippen LogP contribution in [0.3, 0.4) is 0 Å². The molecule has 0 saturated carbocycles. The Morgan fingerprint density at radius 2 is 2.07 bits per heavy atom. The molecule has 0 N–H and O–H groups in total. The maximum absolute atomic E-state index is 13.4. The smallest absolute Gasteiger partial charge is 0.435 e. The molecule has 8 heteroatoms. The van der Waals surface area contributed by atoms with Crippen molar-refractivity contribution in [2.45, 2.75) is 24.7 Å². The first kappa shape index (κ1) is 18.9. The number of alkyl halides is 3. The normalized spacial score (nSPS) is 16.7. The lowest BCUT2D eigenvalue weighted by molar-refractivity contribution is -0.154. The molecule has 1 fully saturated rings. The number of benzene rings is 1. The summed E-state index contributed by atoms with van der Waals surface area (Å²) in [6, 6.07) is 8.29. The minimum absolute atomic E-state index is 0.0327. The average molecular weight is 378 g/mol. The third-order valence-corrected chi connectivity index (χ3v) is 4.31. The van der Waals surface area contributed by atoms with E-state index in [1.165, 1.54) is 10.6 Å². The van der Waals surface area contributed by atoms with Crippen LogP contribution in [-0.2, 0) is 15.7 Å². The van der Waals surface area contributed by atoms with E-state index >= 15 is 0 Å². The first-order valence-electron chi connectivity index (χ1n) is 8.14. The molecule has 1 aliphatic rings. The molecule has 1 aliphatic heterocycles. The van der Waals surface area contributed by atoms with Crippen molar-refractivity contribution in [3.63, 3.8) is 0 Å². The molecule has 0 amide bonds. The van der Waals surface area contributed by atoms with E-state index in [-0.39, 0.29) is 13.2 Å². The van der Waals surface area contributed by atoms with E-state index in [2.05, 4.69) is 17.3 Å². The van der Waals surface area contributed by atoms with Gasteiger partial charge in [0.2, 0.25) is 0 Å². The summed E-state index contributed by atoms with van der Waals surface area (Å²) in [6.45, 7) is 5.16. The first-order chi connectivity index (χ1) is 12.8. The zero-order valence-electron chi connectivity index (χ0n) is 14.5. The van der Waals surface area contributed by atoms with Gasteiger partial charge in [-0.05, 0) is 12.5 Å². The standard InChI is InChI=1S/C19H17F3N2O3/c1-3-9-18(10-26-11-18)27-17(25)15-16(19(20,21)22)23-12-24(15)13(2)14-7-5-4-6-8-14/h4-9,12-13H,1,10-11H2,2H3/t13-/m1/s1. The second kappa shape index (κ2) is 7.06. The molecule has 1 aromatic carbocycles. The fraction of sp³-hybridized carbons (Fsp3) is 0.316. The van der Waals surface area contributed by atoms with Crippen molar-refractivity contribution in [1.82, 2.24) is 9.55 Å². The predicted molar refractivity (Wildman–Crippen MR) is 90.2 cm³/mol. The molecular formula is C19H17F3N2O3. The number of ether oxygens (including phenoxy) is 2. The fourth-order valence-electron chi connectivity index (χ4n) is 2.85. The number of nitrogens with zero attached hydrogens (tertiary/aromatic N) is 2. The molecule has 0 spiro atoms. The Bertz CT molecular complexity index is 879. The van der Waals surface area contributed by atoms with Gasteiger partial charge in [-0.1, -0.05) is 36.9 Å². The Balaban J connectivity index is 2.02. The molecule has 0 radical (unpaired) electrons. The van der Waals surface area contributed by atoms with Gasteiger partial charge in [0.1, 0.15) is 0 Å². The molecule has 3 rings (SSSR count). The van der Waals surface area contributed by atoms with Crippen molar-refractivity contribution in [3.8, 4) is 0 Å². The number of carbonyl (C=O) groups is 1. The summed E-state index contributed by atoms with van der Waals surface area (Å²) in [5.74, 6) is -1.13. The summed E-state index contributed by atoms with van der Waals surface area (Å²) in [5.41, 5.74) is 0.125. The molecule has 0 aliphatic carbocycles. The van der Waals surface area contributed by atoms with Crippen molar-refractivity contribution in [2.75, 3.05) is 13.2 Å². The van der Waals surface area contributed by atoms with Gasteiger partial charge in [0, 0.05) is 6.08 Å². The summed E-state index contributed by atoms with van der Waals surface area (Å²) in [4.78, 5) is 16.1. The number of esters is 1. The summed E-state index contributed by atoms with van der Waals surface area (Å²) in [5, 5.41) is 0. The highest BCUT2D eigenvalue weighted by Crippen LogP contribution is 2.35. The molecule has 0 unspecified atom stereocenters. The number of hydrogen-bond donors (Lipinski definition) is 0. The highest BCUT2D eigenvalue weighted by molar-refractivity contribution is 5.89. The SMILES string of the molecule is C=C=CC1(OC(=O)c2c(C(F)(F)F)ncn2[C@H](C)c2ccccc2)COC1.